The highest BCUT2D eigenvalue weighted by Gasteiger charge is 2.33. The predicted octanol–water partition coefficient (Wildman–Crippen LogP) is 2.71. The molecule has 8 nitrogen and oxygen atoms in total. The smallest absolute Gasteiger partial charge is 0.243 e. The predicted molar refractivity (Wildman–Crippen MR) is 121 cm³/mol. The number of carbonyl (C=O) groups is 1. The fraction of sp³-hybridized carbons (Fsp3) is 0.435. The number of anilines is 1. The molecule has 2 aromatic carbocycles. The van der Waals surface area contributed by atoms with Crippen LogP contribution in [0.3, 0.4) is 0 Å². The van der Waals surface area contributed by atoms with Gasteiger partial charge in [0.25, 0.3) is 0 Å². The highest BCUT2D eigenvalue weighted by molar-refractivity contribution is 7.89. The molecule has 0 saturated carbocycles. The minimum Gasteiger partial charge on any atom is -0.490 e. The zero-order chi connectivity index (χ0) is 23.4. The number of halogens is 1. The van der Waals surface area contributed by atoms with Crippen LogP contribution < -0.4 is 14.8 Å². The monoisotopic (exact) mass is 477 g/mol. The topological polar surface area (TPSA) is 88.2 Å². The van der Waals surface area contributed by atoms with Gasteiger partial charge in [0.15, 0.2) is 11.5 Å². The number of piperazine rings is 1. The molecule has 2 aromatic rings. The molecule has 178 valence electrons. The van der Waals surface area contributed by atoms with Crippen LogP contribution in [-0.2, 0) is 14.8 Å². The minimum absolute atomic E-state index is 0.168. The molecule has 0 unspecified atom stereocenters. The van der Waals surface area contributed by atoms with Gasteiger partial charge in [-0.05, 0) is 42.8 Å². The van der Waals surface area contributed by atoms with E-state index in [4.69, 9.17) is 9.47 Å². The number of hydrogen-bond donors (Lipinski definition) is 1. The number of nitrogens with zero attached hydrogens (tertiary/aromatic N) is 2. The maximum absolute atomic E-state index is 13.2. The molecule has 1 amide bonds. The van der Waals surface area contributed by atoms with Crippen molar-refractivity contribution in [2.75, 3.05) is 44.7 Å². The number of benzene rings is 2. The summed E-state index contributed by atoms with van der Waals surface area (Å²) < 4.78 is 52.2. The average molecular weight is 478 g/mol. The first-order valence-corrected chi connectivity index (χ1v) is 12.5. The summed E-state index contributed by atoms with van der Waals surface area (Å²) in [6, 6.07) is 9.90. The van der Waals surface area contributed by atoms with Crippen molar-refractivity contribution in [3.63, 3.8) is 0 Å². The van der Waals surface area contributed by atoms with Crippen LogP contribution in [0.15, 0.2) is 47.4 Å². The van der Waals surface area contributed by atoms with E-state index in [0.29, 0.717) is 49.9 Å². The first kappa shape index (κ1) is 23.5. The largest absolute Gasteiger partial charge is 0.490 e. The SMILES string of the molecule is CC[C@H](C(=O)Nc1ccc(F)cc1)N1CCN(S(=O)(=O)c2ccc3c(c2)OCCCO3)CC1. The van der Waals surface area contributed by atoms with Gasteiger partial charge in [0.2, 0.25) is 15.9 Å². The highest BCUT2D eigenvalue weighted by Crippen LogP contribution is 2.33. The molecule has 2 aliphatic rings. The van der Waals surface area contributed by atoms with Crippen LogP contribution in [0.25, 0.3) is 0 Å². The van der Waals surface area contributed by atoms with Crippen LogP contribution in [0, 0.1) is 5.82 Å². The lowest BCUT2D eigenvalue weighted by Gasteiger charge is -2.37. The van der Waals surface area contributed by atoms with E-state index in [9.17, 15) is 17.6 Å². The number of nitrogens with one attached hydrogen (secondary N) is 1. The zero-order valence-corrected chi connectivity index (χ0v) is 19.3. The number of hydrogen-bond acceptors (Lipinski definition) is 6. The molecule has 1 N–H and O–H groups in total. The third-order valence-corrected chi connectivity index (χ3v) is 7.77. The van der Waals surface area contributed by atoms with Crippen molar-refractivity contribution in [3.8, 4) is 11.5 Å². The molecule has 4 rings (SSSR count). The van der Waals surface area contributed by atoms with Crippen LogP contribution in [0.4, 0.5) is 10.1 Å². The standard InChI is InChI=1S/C23H28FN3O5S/c1-2-20(23(28)25-18-6-4-17(24)5-7-18)26-10-12-27(13-11-26)33(29,30)19-8-9-21-22(16-19)32-15-3-14-31-21/h4-9,16,20H,2-3,10-15H2,1H3,(H,25,28)/t20-/m1/s1. The fourth-order valence-corrected chi connectivity index (χ4v) is 5.52. The summed E-state index contributed by atoms with van der Waals surface area (Å²) in [7, 11) is -3.70. The Kier molecular flexibility index (Phi) is 7.16. The molecule has 0 aliphatic carbocycles. The van der Waals surface area contributed by atoms with Crippen LogP contribution in [-0.4, -0.2) is 69.0 Å². The number of fused-ring (bicyclic) bond motifs is 1. The van der Waals surface area contributed by atoms with E-state index in [1.54, 1.807) is 12.1 Å². The van der Waals surface area contributed by atoms with Crippen molar-refractivity contribution >= 4 is 21.6 Å². The van der Waals surface area contributed by atoms with Gasteiger partial charge in [0, 0.05) is 44.4 Å². The molecule has 33 heavy (non-hydrogen) atoms. The van der Waals surface area contributed by atoms with Gasteiger partial charge < -0.3 is 14.8 Å². The quantitative estimate of drug-likeness (QED) is 0.688. The van der Waals surface area contributed by atoms with Crippen LogP contribution in [0.5, 0.6) is 11.5 Å². The first-order valence-electron chi connectivity index (χ1n) is 11.1. The van der Waals surface area contributed by atoms with Crippen LogP contribution in [0.1, 0.15) is 19.8 Å². The maximum atomic E-state index is 13.2. The van der Waals surface area contributed by atoms with E-state index < -0.39 is 16.1 Å². The van der Waals surface area contributed by atoms with Crippen molar-refractivity contribution < 1.29 is 27.1 Å². The summed E-state index contributed by atoms with van der Waals surface area (Å²) in [6.07, 6.45) is 1.31. The van der Waals surface area contributed by atoms with Gasteiger partial charge in [0.1, 0.15) is 5.82 Å². The average Bonchev–Trinajstić information content (AvgIpc) is 3.06. The van der Waals surface area contributed by atoms with Gasteiger partial charge in [0.05, 0.1) is 24.2 Å². The Morgan fingerprint density at radius 1 is 1.03 bits per heavy atom. The van der Waals surface area contributed by atoms with Crippen molar-refractivity contribution in [3.05, 3.63) is 48.3 Å². The fourth-order valence-electron chi connectivity index (χ4n) is 4.08. The Hall–Kier alpha value is -2.69. The van der Waals surface area contributed by atoms with Gasteiger partial charge in [-0.15, -0.1) is 0 Å². The van der Waals surface area contributed by atoms with E-state index >= 15 is 0 Å². The second kappa shape index (κ2) is 10.1. The maximum Gasteiger partial charge on any atom is 0.243 e. The molecule has 0 spiro atoms. The van der Waals surface area contributed by atoms with Gasteiger partial charge in [-0.3, -0.25) is 9.69 Å². The molecule has 0 aromatic heterocycles. The summed E-state index contributed by atoms with van der Waals surface area (Å²) in [5, 5.41) is 2.81. The van der Waals surface area contributed by atoms with E-state index in [0.717, 1.165) is 6.42 Å². The Morgan fingerprint density at radius 2 is 1.70 bits per heavy atom. The zero-order valence-electron chi connectivity index (χ0n) is 18.5. The van der Waals surface area contributed by atoms with Gasteiger partial charge in [-0.25, -0.2) is 12.8 Å². The molecule has 1 atom stereocenters. The molecule has 0 bridgehead atoms. The molecule has 2 heterocycles. The summed E-state index contributed by atoms with van der Waals surface area (Å²) in [5.41, 5.74) is 0.524. The number of carbonyl (C=O) groups excluding carboxylic acids is 1. The Bertz CT molecular complexity index is 1090. The van der Waals surface area contributed by atoms with Gasteiger partial charge in [-0.2, -0.15) is 4.31 Å². The van der Waals surface area contributed by atoms with Gasteiger partial charge >= 0.3 is 0 Å². The molecule has 2 aliphatic heterocycles. The summed E-state index contributed by atoms with van der Waals surface area (Å²) in [4.78, 5) is 14.9. The molecular weight excluding hydrogens is 449 g/mol. The van der Waals surface area contributed by atoms with E-state index in [1.165, 1.54) is 34.6 Å². The minimum atomic E-state index is -3.70. The van der Waals surface area contributed by atoms with Crippen molar-refractivity contribution in [2.45, 2.75) is 30.7 Å². The van der Waals surface area contributed by atoms with Crippen LogP contribution in [0.2, 0.25) is 0 Å². The highest BCUT2D eigenvalue weighted by atomic mass is 32.2. The second-order valence-corrected chi connectivity index (χ2v) is 9.96. The van der Waals surface area contributed by atoms with Crippen LogP contribution >= 0.6 is 0 Å². The summed E-state index contributed by atoms with van der Waals surface area (Å²) >= 11 is 0. The van der Waals surface area contributed by atoms with Crippen molar-refractivity contribution in [2.24, 2.45) is 0 Å². The third kappa shape index (κ3) is 5.29. The summed E-state index contributed by atoms with van der Waals surface area (Å²) in [5.74, 6) is 0.430. The molecule has 10 heteroatoms. The Morgan fingerprint density at radius 3 is 2.36 bits per heavy atom. The first-order chi connectivity index (χ1) is 15.9. The lowest BCUT2D eigenvalue weighted by atomic mass is 10.1. The number of rotatable bonds is 6. The number of ether oxygens (including phenoxy) is 2. The number of amides is 1. The number of sulfonamides is 1. The van der Waals surface area contributed by atoms with Crippen molar-refractivity contribution in [1.82, 2.24) is 9.21 Å². The van der Waals surface area contributed by atoms with E-state index in [1.807, 2.05) is 11.8 Å². The molecular formula is C23H28FN3O5S. The normalized spacial score (nSPS) is 18.4. The lowest BCUT2D eigenvalue weighted by Crippen LogP contribution is -2.54. The Balaban J connectivity index is 1.40. The Labute approximate surface area is 193 Å². The second-order valence-electron chi connectivity index (χ2n) is 8.02. The van der Waals surface area contributed by atoms with Crippen molar-refractivity contribution in [1.29, 1.82) is 0 Å². The van der Waals surface area contributed by atoms with E-state index in [-0.39, 0.29) is 29.7 Å². The summed E-state index contributed by atoms with van der Waals surface area (Å²) in [6.45, 7) is 4.34. The van der Waals surface area contributed by atoms with E-state index in [2.05, 4.69) is 5.32 Å². The molecule has 1 saturated heterocycles. The molecule has 1 fully saturated rings. The third-order valence-electron chi connectivity index (χ3n) is 5.87. The lowest BCUT2D eigenvalue weighted by molar-refractivity contribution is -0.121. The van der Waals surface area contributed by atoms with Gasteiger partial charge in [-0.1, -0.05) is 6.92 Å². The molecule has 0 radical (unpaired) electrons.